The predicted molar refractivity (Wildman–Crippen MR) is 107 cm³/mol. The molecule has 160 valence electrons. The number of hydrogen-bond donors (Lipinski definition) is 5. The molecule has 0 saturated heterocycles. The summed E-state index contributed by atoms with van der Waals surface area (Å²) in [5.74, 6) is -3.39. The molecule has 0 radical (unpaired) electrons. The van der Waals surface area contributed by atoms with Gasteiger partial charge in [0.05, 0.1) is 18.3 Å². The zero-order valence-corrected chi connectivity index (χ0v) is 17.5. The van der Waals surface area contributed by atoms with E-state index >= 15 is 0 Å². The van der Waals surface area contributed by atoms with Crippen LogP contribution in [0.4, 0.5) is 0 Å². The molecule has 6 nitrogen and oxygen atoms in total. The van der Waals surface area contributed by atoms with Crippen LogP contribution in [-0.4, -0.2) is 60.8 Å². The maximum Gasteiger partial charge on any atom is 0.190 e. The number of aliphatic hydroxyl groups excluding tert-OH is 2. The van der Waals surface area contributed by atoms with Gasteiger partial charge in [-0.25, -0.2) is 0 Å². The highest BCUT2D eigenvalue weighted by Crippen LogP contribution is 2.77. The normalized spacial score (nSPS) is 53.6. The minimum Gasteiger partial charge on any atom is -0.392 e. The van der Waals surface area contributed by atoms with Gasteiger partial charge in [-0.2, -0.15) is 0 Å². The number of hydrogen-bond acceptors (Lipinski definition) is 6. The molecule has 9 atom stereocenters. The fourth-order valence-electron chi connectivity index (χ4n) is 7.32. The highest BCUT2D eigenvalue weighted by Gasteiger charge is 2.86. The molecule has 0 unspecified atom stereocenters. The monoisotopic (exact) mass is 404 g/mol. The summed E-state index contributed by atoms with van der Waals surface area (Å²) in [6.45, 7) is 10.5. The van der Waals surface area contributed by atoms with E-state index < -0.39 is 57.8 Å². The fourth-order valence-corrected chi connectivity index (χ4v) is 7.32. The highest BCUT2D eigenvalue weighted by atomic mass is 16.4. The van der Waals surface area contributed by atoms with Gasteiger partial charge >= 0.3 is 0 Å². The van der Waals surface area contributed by atoms with Gasteiger partial charge in [0.15, 0.2) is 5.78 Å². The molecule has 0 amide bonds. The molecule has 0 heterocycles. The van der Waals surface area contributed by atoms with Crippen LogP contribution >= 0.6 is 0 Å². The lowest BCUT2D eigenvalue weighted by Gasteiger charge is -2.52. The van der Waals surface area contributed by atoms with Crippen LogP contribution in [0.1, 0.15) is 40.5 Å². The zero-order chi connectivity index (χ0) is 21.7. The molecule has 0 aromatic heterocycles. The molecule has 29 heavy (non-hydrogen) atoms. The van der Waals surface area contributed by atoms with Gasteiger partial charge in [-0.05, 0) is 31.4 Å². The highest BCUT2D eigenvalue weighted by molar-refractivity contribution is 6.04. The first kappa shape index (κ1) is 20.9. The first-order valence-electron chi connectivity index (χ1n) is 10.4. The molecule has 0 aromatic rings. The molecule has 2 fully saturated rings. The van der Waals surface area contributed by atoms with Crippen molar-refractivity contribution in [2.45, 2.75) is 63.4 Å². The second kappa shape index (κ2) is 5.89. The van der Waals surface area contributed by atoms with E-state index in [2.05, 4.69) is 6.58 Å². The number of Topliss-reactive ketones (excluding diaryl/α,β-unsaturated/α-hetero) is 1. The van der Waals surface area contributed by atoms with Gasteiger partial charge in [0.2, 0.25) is 0 Å². The van der Waals surface area contributed by atoms with Crippen LogP contribution in [-0.2, 0) is 4.79 Å². The van der Waals surface area contributed by atoms with Crippen LogP contribution < -0.4 is 0 Å². The molecule has 6 heteroatoms. The number of fused-ring (bicyclic) bond motifs is 5. The van der Waals surface area contributed by atoms with Crippen LogP contribution in [0.15, 0.2) is 35.5 Å². The molecule has 5 N–H and O–H groups in total. The predicted octanol–water partition coefficient (Wildman–Crippen LogP) is 0.876. The molecular weight excluding hydrogens is 372 g/mol. The van der Waals surface area contributed by atoms with Crippen molar-refractivity contribution >= 4 is 5.78 Å². The van der Waals surface area contributed by atoms with Crippen molar-refractivity contribution in [3.8, 4) is 0 Å². The first-order chi connectivity index (χ1) is 13.4. The molecule has 4 rings (SSSR count). The lowest BCUT2D eigenvalue weighted by Crippen LogP contribution is -2.65. The van der Waals surface area contributed by atoms with E-state index in [1.54, 1.807) is 32.9 Å². The number of ketones is 1. The van der Waals surface area contributed by atoms with Crippen LogP contribution in [0.3, 0.4) is 0 Å². The Morgan fingerprint density at radius 3 is 2.41 bits per heavy atom. The van der Waals surface area contributed by atoms with Gasteiger partial charge in [-0.15, -0.1) is 6.58 Å². The summed E-state index contributed by atoms with van der Waals surface area (Å²) in [5.41, 5.74) is -4.25. The Kier molecular flexibility index (Phi) is 4.25. The Hall–Kier alpha value is -1.31. The molecule has 4 aliphatic rings. The Bertz CT molecular complexity index is 859. The number of carbonyl (C=O) groups excluding carboxylic acids is 1. The summed E-state index contributed by atoms with van der Waals surface area (Å²) in [7, 11) is 0. The van der Waals surface area contributed by atoms with Crippen molar-refractivity contribution in [1.29, 1.82) is 0 Å². The van der Waals surface area contributed by atoms with E-state index in [4.69, 9.17) is 0 Å². The Morgan fingerprint density at radius 1 is 1.28 bits per heavy atom. The van der Waals surface area contributed by atoms with Crippen molar-refractivity contribution in [2.75, 3.05) is 6.61 Å². The molecule has 2 saturated carbocycles. The summed E-state index contributed by atoms with van der Waals surface area (Å²) < 4.78 is 0. The van der Waals surface area contributed by atoms with Crippen molar-refractivity contribution in [2.24, 2.45) is 29.1 Å². The van der Waals surface area contributed by atoms with Crippen LogP contribution in [0, 0.1) is 29.1 Å². The van der Waals surface area contributed by atoms with Crippen molar-refractivity contribution in [3.05, 3.63) is 35.5 Å². The standard InChI is InChI=1S/C23H32O6/c1-6-20(7-2)17-16-12(4)14(10-24)9-21(27)15(8-11(3)18(21)25)22(16,28)13(5)19(26)23(17,20)29/h6,8,13,15-17,19,24,26-29H,1,7,9-10H2,2-5H3/t13-,15-,16+,17+,19-,20+,21-,22+,23-/m1/s1. The van der Waals surface area contributed by atoms with E-state index in [0.717, 1.165) is 0 Å². The summed E-state index contributed by atoms with van der Waals surface area (Å²) in [6, 6.07) is 0. The fraction of sp³-hybridized carbons (Fsp3) is 0.696. The molecule has 0 bridgehead atoms. The first-order valence-corrected chi connectivity index (χ1v) is 10.4. The smallest absolute Gasteiger partial charge is 0.190 e. The Balaban J connectivity index is 2.02. The van der Waals surface area contributed by atoms with Crippen LogP contribution in [0.2, 0.25) is 0 Å². The Labute approximate surface area is 171 Å². The van der Waals surface area contributed by atoms with E-state index in [0.29, 0.717) is 23.1 Å². The lowest BCUT2D eigenvalue weighted by molar-refractivity contribution is -0.211. The third-order valence-electron chi connectivity index (χ3n) is 9.00. The third-order valence-corrected chi connectivity index (χ3v) is 9.00. The third kappa shape index (κ3) is 1.98. The zero-order valence-electron chi connectivity index (χ0n) is 17.5. The van der Waals surface area contributed by atoms with Gasteiger partial charge in [0, 0.05) is 35.5 Å². The topological polar surface area (TPSA) is 118 Å². The van der Waals surface area contributed by atoms with Crippen LogP contribution in [0.25, 0.3) is 0 Å². The minimum absolute atomic E-state index is 0.0767. The number of carbonyl (C=O) groups is 1. The summed E-state index contributed by atoms with van der Waals surface area (Å²) >= 11 is 0. The van der Waals surface area contributed by atoms with Crippen LogP contribution in [0.5, 0.6) is 0 Å². The Morgan fingerprint density at radius 2 is 1.90 bits per heavy atom. The number of rotatable bonds is 3. The second-order valence-electron chi connectivity index (χ2n) is 9.70. The summed E-state index contributed by atoms with van der Waals surface area (Å²) in [6.07, 6.45) is 2.48. The summed E-state index contributed by atoms with van der Waals surface area (Å²) in [4.78, 5) is 12.9. The summed E-state index contributed by atoms with van der Waals surface area (Å²) in [5, 5.41) is 56.5. The van der Waals surface area contributed by atoms with Gasteiger partial charge in [-0.3, -0.25) is 4.79 Å². The number of aliphatic hydroxyl groups is 5. The quantitative estimate of drug-likeness (QED) is 0.446. The van der Waals surface area contributed by atoms with Gasteiger partial charge in [0.1, 0.15) is 11.2 Å². The second-order valence-corrected chi connectivity index (χ2v) is 9.70. The SMILES string of the molecule is C=C[C@]1(CC)[C@@H]2[C@@H]3C(C)=C(CO)C[C@]4(O)C(=O)C(C)=C[C@H]4[C@@]3(O)[C@H](C)[C@@H](O)[C@]21O. The van der Waals surface area contributed by atoms with E-state index in [1.807, 2.05) is 6.92 Å². The van der Waals surface area contributed by atoms with E-state index in [9.17, 15) is 30.3 Å². The molecule has 0 aliphatic heterocycles. The van der Waals surface area contributed by atoms with Gasteiger partial charge < -0.3 is 25.5 Å². The van der Waals surface area contributed by atoms with E-state index in [-0.39, 0.29) is 13.0 Å². The molecule has 4 aliphatic carbocycles. The van der Waals surface area contributed by atoms with Gasteiger partial charge in [-0.1, -0.05) is 31.6 Å². The van der Waals surface area contributed by atoms with E-state index in [1.165, 1.54) is 0 Å². The maximum atomic E-state index is 12.9. The molecular formula is C23H32O6. The molecule has 0 spiro atoms. The average molecular weight is 405 g/mol. The minimum atomic E-state index is -1.88. The van der Waals surface area contributed by atoms with Crippen molar-refractivity contribution in [3.63, 3.8) is 0 Å². The largest absolute Gasteiger partial charge is 0.392 e. The maximum absolute atomic E-state index is 12.9. The van der Waals surface area contributed by atoms with Gasteiger partial charge in [0.25, 0.3) is 0 Å². The molecule has 0 aromatic carbocycles. The van der Waals surface area contributed by atoms with Crippen molar-refractivity contribution < 1.29 is 30.3 Å². The van der Waals surface area contributed by atoms with Crippen molar-refractivity contribution in [1.82, 2.24) is 0 Å². The average Bonchev–Trinajstić information content (AvgIpc) is 3.19. The lowest BCUT2D eigenvalue weighted by atomic mass is 9.58.